The maximum atomic E-state index is 5.89. The van der Waals surface area contributed by atoms with Crippen molar-refractivity contribution < 1.29 is 4.74 Å². The van der Waals surface area contributed by atoms with E-state index in [4.69, 9.17) is 4.74 Å². The topological polar surface area (TPSA) is 40.3 Å². The molecular weight excluding hydrogens is 262 g/mol. The van der Waals surface area contributed by atoms with Crippen LogP contribution in [-0.2, 0) is 11.3 Å². The fourth-order valence-corrected chi connectivity index (χ4v) is 3.31. The summed E-state index contributed by atoms with van der Waals surface area (Å²) < 4.78 is 5.89. The highest BCUT2D eigenvalue weighted by molar-refractivity contribution is 5.82. The molecule has 1 saturated heterocycles. The first-order valence-electron chi connectivity index (χ1n) is 8.01. The molecule has 1 saturated carbocycles. The summed E-state index contributed by atoms with van der Waals surface area (Å²) in [6.07, 6.45) is 5.11. The summed E-state index contributed by atoms with van der Waals surface area (Å²) in [5.41, 5.74) is 2.56. The highest BCUT2D eigenvalue weighted by atomic mass is 16.5. The second-order valence-electron chi connectivity index (χ2n) is 6.21. The zero-order valence-corrected chi connectivity index (χ0v) is 12.3. The molecule has 21 heavy (non-hydrogen) atoms. The summed E-state index contributed by atoms with van der Waals surface area (Å²) in [6.45, 7) is 4.93. The van der Waals surface area contributed by atoms with E-state index in [-0.39, 0.29) is 0 Å². The van der Waals surface area contributed by atoms with Crippen molar-refractivity contribution in [2.24, 2.45) is 0 Å². The van der Waals surface area contributed by atoms with Gasteiger partial charge >= 0.3 is 0 Å². The average molecular weight is 285 g/mol. The Balaban J connectivity index is 1.31. The van der Waals surface area contributed by atoms with Gasteiger partial charge in [-0.3, -0.25) is 4.90 Å². The summed E-state index contributed by atoms with van der Waals surface area (Å²) >= 11 is 0. The lowest BCUT2D eigenvalue weighted by Gasteiger charge is -2.33. The Hall–Kier alpha value is -1.36. The Kier molecular flexibility index (Phi) is 3.67. The molecule has 112 valence electrons. The molecule has 2 aromatic rings. The average Bonchev–Trinajstić information content (AvgIpc) is 3.25. The van der Waals surface area contributed by atoms with Crippen molar-refractivity contribution in [3.8, 4) is 0 Å². The number of morpholine rings is 1. The van der Waals surface area contributed by atoms with Crippen molar-refractivity contribution >= 4 is 10.9 Å². The van der Waals surface area contributed by atoms with Gasteiger partial charge in [0.25, 0.3) is 0 Å². The molecule has 1 aliphatic carbocycles. The molecule has 1 atom stereocenters. The fourth-order valence-electron chi connectivity index (χ4n) is 3.31. The van der Waals surface area contributed by atoms with Crippen LogP contribution in [0.2, 0.25) is 0 Å². The first-order chi connectivity index (χ1) is 10.4. The van der Waals surface area contributed by atoms with E-state index >= 15 is 0 Å². The molecule has 1 aromatic heterocycles. The molecule has 2 heterocycles. The van der Waals surface area contributed by atoms with Gasteiger partial charge in [0, 0.05) is 49.3 Å². The van der Waals surface area contributed by atoms with Crippen LogP contribution in [-0.4, -0.2) is 48.3 Å². The van der Waals surface area contributed by atoms with E-state index in [9.17, 15) is 0 Å². The first-order valence-corrected chi connectivity index (χ1v) is 8.01. The molecule has 1 unspecified atom stereocenters. The van der Waals surface area contributed by atoms with E-state index < -0.39 is 0 Å². The maximum Gasteiger partial charge on any atom is 0.0826 e. The van der Waals surface area contributed by atoms with E-state index in [1.165, 1.54) is 29.3 Å². The number of aromatic amines is 1. The van der Waals surface area contributed by atoms with E-state index in [1.54, 1.807) is 0 Å². The molecule has 4 rings (SSSR count). The lowest BCUT2D eigenvalue weighted by atomic mass is 10.1. The van der Waals surface area contributed by atoms with Crippen molar-refractivity contribution in [3.63, 3.8) is 0 Å². The highest BCUT2D eigenvalue weighted by Gasteiger charge is 2.32. The quantitative estimate of drug-likeness (QED) is 0.884. The number of hydrogen-bond donors (Lipinski definition) is 2. The van der Waals surface area contributed by atoms with E-state index in [0.717, 1.165) is 38.8 Å². The van der Waals surface area contributed by atoms with Crippen molar-refractivity contribution in [1.82, 2.24) is 15.2 Å². The van der Waals surface area contributed by atoms with Gasteiger partial charge < -0.3 is 15.0 Å². The summed E-state index contributed by atoms with van der Waals surface area (Å²) in [4.78, 5) is 5.87. The highest BCUT2D eigenvalue weighted by Crippen LogP contribution is 2.28. The molecule has 2 aliphatic rings. The number of H-pyrrole nitrogens is 1. The molecule has 1 aromatic carbocycles. The number of nitrogens with zero attached hydrogens (tertiary/aromatic N) is 1. The number of fused-ring (bicyclic) bond motifs is 1. The predicted molar refractivity (Wildman–Crippen MR) is 84.3 cm³/mol. The molecule has 0 radical (unpaired) electrons. The predicted octanol–water partition coefficient (Wildman–Crippen LogP) is 2.12. The number of hydrogen-bond acceptors (Lipinski definition) is 3. The Morgan fingerprint density at radius 2 is 2.24 bits per heavy atom. The minimum atomic E-state index is 0.338. The maximum absolute atomic E-state index is 5.89. The number of ether oxygens (including phenoxy) is 1. The summed E-state index contributed by atoms with van der Waals surface area (Å²) in [5.74, 6) is 0. The monoisotopic (exact) mass is 285 g/mol. The Morgan fingerprint density at radius 3 is 3.14 bits per heavy atom. The molecule has 0 amide bonds. The molecule has 4 nitrogen and oxygen atoms in total. The van der Waals surface area contributed by atoms with Gasteiger partial charge in [-0.25, -0.2) is 0 Å². The summed E-state index contributed by atoms with van der Waals surface area (Å²) in [6, 6.07) is 9.43. The number of nitrogens with one attached hydrogen (secondary N) is 2. The van der Waals surface area contributed by atoms with Crippen molar-refractivity contribution in [3.05, 3.63) is 36.0 Å². The molecule has 2 N–H and O–H groups in total. The van der Waals surface area contributed by atoms with E-state index in [0.29, 0.717) is 6.10 Å². The molecule has 1 aliphatic heterocycles. The molecule has 0 bridgehead atoms. The number of aromatic nitrogens is 1. The van der Waals surface area contributed by atoms with Gasteiger partial charge in [-0.05, 0) is 30.5 Å². The van der Waals surface area contributed by atoms with Gasteiger partial charge in [0.15, 0.2) is 0 Å². The summed E-state index contributed by atoms with van der Waals surface area (Å²) in [5, 5.41) is 4.88. The van der Waals surface area contributed by atoms with Gasteiger partial charge in [-0.1, -0.05) is 12.1 Å². The van der Waals surface area contributed by atoms with Crippen LogP contribution < -0.4 is 5.32 Å². The minimum absolute atomic E-state index is 0.338. The standard InChI is InChI=1S/C17H23N3O/c1-2-13(16-6-7-19-17(16)3-1)10-18-11-15-12-20(8-9-21-15)14-4-5-14/h1-3,6-7,14-15,18-19H,4-5,8-12H2. The van der Waals surface area contributed by atoms with Gasteiger partial charge in [0.2, 0.25) is 0 Å². The number of rotatable bonds is 5. The van der Waals surface area contributed by atoms with Crippen LogP contribution in [0.4, 0.5) is 0 Å². The second kappa shape index (κ2) is 5.79. The molecule has 0 spiro atoms. The fraction of sp³-hybridized carbons (Fsp3) is 0.529. The number of benzene rings is 1. The van der Waals surface area contributed by atoms with Crippen LogP contribution in [0.25, 0.3) is 10.9 Å². The van der Waals surface area contributed by atoms with E-state index in [2.05, 4.69) is 39.5 Å². The lowest BCUT2D eigenvalue weighted by Crippen LogP contribution is -2.47. The Morgan fingerprint density at radius 1 is 1.29 bits per heavy atom. The van der Waals surface area contributed by atoms with Crippen LogP contribution in [0.5, 0.6) is 0 Å². The van der Waals surface area contributed by atoms with E-state index in [1.807, 2.05) is 6.20 Å². The largest absolute Gasteiger partial charge is 0.374 e. The Labute approximate surface area is 125 Å². The second-order valence-corrected chi connectivity index (χ2v) is 6.21. The smallest absolute Gasteiger partial charge is 0.0826 e. The zero-order valence-electron chi connectivity index (χ0n) is 12.3. The van der Waals surface area contributed by atoms with Gasteiger partial charge in [0.1, 0.15) is 0 Å². The SMILES string of the molecule is c1cc(CNCC2CN(C3CC3)CCO2)c2cc[nH]c2c1. The normalized spacial score (nSPS) is 23.7. The molecular formula is C17H23N3O. The van der Waals surface area contributed by atoms with Gasteiger partial charge in [-0.15, -0.1) is 0 Å². The third-order valence-electron chi connectivity index (χ3n) is 4.61. The third-order valence-corrected chi connectivity index (χ3v) is 4.61. The van der Waals surface area contributed by atoms with Crippen molar-refractivity contribution in [2.45, 2.75) is 31.5 Å². The molecule has 2 fully saturated rings. The van der Waals surface area contributed by atoms with Crippen LogP contribution in [0.1, 0.15) is 18.4 Å². The van der Waals surface area contributed by atoms with Crippen molar-refractivity contribution in [2.75, 3.05) is 26.2 Å². The zero-order chi connectivity index (χ0) is 14.1. The van der Waals surface area contributed by atoms with Gasteiger partial charge in [-0.2, -0.15) is 0 Å². The van der Waals surface area contributed by atoms with Crippen molar-refractivity contribution in [1.29, 1.82) is 0 Å². The first kappa shape index (κ1) is 13.3. The Bertz CT molecular complexity index is 605. The van der Waals surface area contributed by atoms with Crippen LogP contribution in [0.15, 0.2) is 30.5 Å². The van der Waals surface area contributed by atoms with Crippen LogP contribution in [0.3, 0.4) is 0 Å². The van der Waals surface area contributed by atoms with Crippen LogP contribution >= 0.6 is 0 Å². The molecule has 4 heteroatoms. The third kappa shape index (κ3) is 2.98. The minimum Gasteiger partial charge on any atom is -0.374 e. The lowest BCUT2D eigenvalue weighted by molar-refractivity contribution is -0.0301. The van der Waals surface area contributed by atoms with Gasteiger partial charge in [0.05, 0.1) is 12.7 Å². The van der Waals surface area contributed by atoms with Crippen LogP contribution in [0, 0.1) is 0 Å². The summed E-state index contributed by atoms with van der Waals surface area (Å²) in [7, 11) is 0.